The molecule has 0 heterocycles. The molecule has 1 aromatic rings. The van der Waals surface area contributed by atoms with E-state index in [0.29, 0.717) is 16.8 Å². The summed E-state index contributed by atoms with van der Waals surface area (Å²) in [6.07, 6.45) is 2.56. The Balaban J connectivity index is 2.57. The Bertz CT molecular complexity index is 299. The maximum Gasteiger partial charge on any atom is 0.137 e. The predicted octanol–water partition coefficient (Wildman–Crippen LogP) is 3.54. The molecule has 0 aliphatic carbocycles. The molecule has 3 heteroatoms. The quantitative estimate of drug-likeness (QED) is 0.582. The zero-order valence-corrected chi connectivity index (χ0v) is 8.68. The highest BCUT2D eigenvalue weighted by molar-refractivity contribution is 9.10. The fourth-order valence-corrected chi connectivity index (χ4v) is 1.18. The van der Waals surface area contributed by atoms with Crippen molar-refractivity contribution < 1.29 is 9.13 Å². The Morgan fingerprint density at radius 1 is 1.54 bits per heavy atom. The third kappa shape index (κ3) is 3.19. The van der Waals surface area contributed by atoms with Gasteiger partial charge in [0.05, 0.1) is 11.1 Å². The lowest BCUT2D eigenvalue weighted by Gasteiger charge is -2.04. The van der Waals surface area contributed by atoms with Crippen molar-refractivity contribution in [3.8, 4) is 5.75 Å². The number of rotatable bonds is 4. The van der Waals surface area contributed by atoms with Crippen LogP contribution in [0.2, 0.25) is 0 Å². The molecule has 0 saturated carbocycles. The van der Waals surface area contributed by atoms with Crippen LogP contribution in [0.3, 0.4) is 0 Å². The normalized spacial score (nSPS) is 9.69. The molecule has 0 bridgehead atoms. The second kappa shape index (κ2) is 5.02. The lowest BCUT2D eigenvalue weighted by molar-refractivity contribution is 0.324. The van der Waals surface area contributed by atoms with Crippen molar-refractivity contribution >= 4 is 15.9 Å². The predicted molar refractivity (Wildman–Crippen MR) is 54.4 cm³/mol. The molecule has 0 fully saturated rings. The first kappa shape index (κ1) is 10.3. The van der Waals surface area contributed by atoms with Crippen LogP contribution in [0.5, 0.6) is 5.75 Å². The second-order valence-electron chi connectivity index (χ2n) is 2.50. The summed E-state index contributed by atoms with van der Waals surface area (Å²) in [4.78, 5) is 0. The molecule has 1 nitrogen and oxygen atoms in total. The van der Waals surface area contributed by atoms with Crippen molar-refractivity contribution in [2.75, 3.05) is 6.61 Å². The van der Waals surface area contributed by atoms with Crippen LogP contribution >= 0.6 is 15.9 Å². The minimum atomic E-state index is -0.281. The van der Waals surface area contributed by atoms with Gasteiger partial charge in [-0.3, -0.25) is 0 Å². The Kier molecular flexibility index (Phi) is 3.96. The van der Waals surface area contributed by atoms with Gasteiger partial charge in [0, 0.05) is 0 Å². The van der Waals surface area contributed by atoms with Gasteiger partial charge in [0.1, 0.15) is 11.6 Å². The molecule has 13 heavy (non-hydrogen) atoms. The van der Waals surface area contributed by atoms with Crippen molar-refractivity contribution in [1.29, 1.82) is 0 Å². The summed E-state index contributed by atoms with van der Waals surface area (Å²) in [6.45, 7) is 4.15. The molecule has 0 aromatic heterocycles. The molecule has 70 valence electrons. The van der Waals surface area contributed by atoms with Gasteiger partial charge in [0.15, 0.2) is 0 Å². The summed E-state index contributed by atoms with van der Waals surface area (Å²) < 4.78 is 18.5. The first-order valence-corrected chi connectivity index (χ1v) is 4.72. The highest BCUT2D eigenvalue weighted by atomic mass is 79.9. The maximum absolute atomic E-state index is 12.8. The lowest BCUT2D eigenvalue weighted by atomic mass is 10.3. The molecular weight excluding hydrogens is 235 g/mol. The Hall–Kier alpha value is -0.830. The van der Waals surface area contributed by atoms with E-state index in [1.54, 1.807) is 18.2 Å². The highest BCUT2D eigenvalue weighted by Gasteiger charge is 1.99. The fourth-order valence-electron chi connectivity index (χ4n) is 0.827. The zero-order valence-electron chi connectivity index (χ0n) is 7.09. The van der Waals surface area contributed by atoms with E-state index < -0.39 is 0 Å². The van der Waals surface area contributed by atoms with Gasteiger partial charge in [-0.2, -0.15) is 0 Å². The summed E-state index contributed by atoms with van der Waals surface area (Å²) in [5, 5.41) is 0. The fraction of sp³-hybridized carbons (Fsp3) is 0.200. The number of benzene rings is 1. The largest absolute Gasteiger partial charge is 0.493 e. The van der Waals surface area contributed by atoms with Crippen LogP contribution in [-0.2, 0) is 0 Å². The molecule has 1 rings (SSSR count). The van der Waals surface area contributed by atoms with Crippen molar-refractivity contribution in [3.05, 3.63) is 41.1 Å². The van der Waals surface area contributed by atoms with Crippen LogP contribution in [0.1, 0.15) is 6.42 Å². The molecule has 0 aliphatic rings. The third-order valence-corrected chi connectivity index (χ3v) is 2.09. The van der Waals surface area contributed by atoms with Gasteiger partial charge in [-0.1, -0.05) is 6.08 Å². The molecule has 0 amide bonds. The highest BCUT2D eigenvalue weighted by Crippen LogP contribution is 2.21. The van der Waals surface area contributed by atoms with Gasteiger partial charge in [-0.15, -0.1) is 6.58 Å². The molecule has 1 aromatic carbocycles. The van der Waals surface area contributed by atoms with Gasteiger partial charge < -0.3 is 4.74 Å². The van der Waals surface area contributed by atoms with Gasteiger partial charge in [0.25, 0.3) is 0 Å². The second-order valence-corrected chi connectivity index (χ2v) is 3.36. The standard InChI is InChI=1S/C10H10BrFO/c1-2-3-6-13-8-4-5-10(12)9(11)7-8/h2,4-5,7H,1,3,6H2. The minimum absolute atomic E-state index is 0.281. The average Bonchev–Trinajstić information content (AvgIpc) is 2.12. The number of ether oxygens (including phenoxy) is 1. The van der Waals surface area contributed by atoms with Gasteiger partial charge in [-0.25, -0.2) is 4.39 Å². The van der Waals surface area contributed by atoms with E-state index >= 15 is 0 Å². The topological polar surface area (TPSA) is 9.23 Å². The number of halogens is 2. The van der Waals surface area contributed by atoms with Crippen LogP contribution in [-0.4, -0.2) is 6.61 Å². The molecule has 0 saturated heterocycles. The number of hydrogen-bond donors (Lipinski definition) is 0. The van der Waals surface area contributed by atoms with Gasteiger partial charge in [-0.05, 0) is 40.5 Å². The Morgan fingerprint density at radius 3 is 2.92 bits per heavy atom. The Labute approximate surface area is 85.3 Å². The van der Waals surface area contributed by atoms with E-state index in [-0.39, 0.29) is 5.82 Å². The summed E-state index contributed by atoms with van der Waals surface area (Å²) >= 11 is 3.08. The monoisotopic (exact) mass is 244 g/mol. The minimum Gasteiger partial charge on any atom is -0.493 e. The molecule has 0 unspecified atom stereocenters. The van der Waals surface area contributed by atoms with Crippen LogP contribution < -0.4 is 4.74 Å². The van der Waals surface area contributed by atoms with Gasteiger partial charge in [0.2, 0.25) is 0 Å². The SMILES string of the molecule is C=CCCOc1ccc(F)c(Br)c1. The lowest BCUT2D eigenvalue weighted by Crippen LogP contribution is -1.95. The molecule has 0 N–H and O–H groups in total. The first-order chi connectivity index (χ1) is 6.24. The Morgan fingerprint density at radius 2 is 2.31 bits per heavy atom. The summed E-state index contributed by atoms with van der Waals surface area (Å²) in [5.41, 5.74) is 0. The van der Waals surface area contributed by atoms with Gasteiger partial charge >= 0.3 is 0 Å². The van der Waals surface area contributed by atoms with E-state index in [9.17, 15) is 4.39 Å². The molecular formula is C10H10BrFO. The van der Waals surface area contributed by atoms with Crippen LogP contribution in [0.15, 0.2) is 35.3 Å². The van der Waals surface area contributed by atoms with Crippen molar-refractivity contribution in [2.45, 2.75) is 6.42 Å². The molecule has 0 spiro atoms. The summed E-state index contributed by atoms with van der Waals surface area (Å²) in [7, 11) is 0. The van der Waals surface area contributed by atoms with E-state index in [4.69, 9.17) is 4.74 Å². The zero-order chi connectivity index (χ0) is 9.68. The van der Waals surface area contributed by atoms with Crippen LogP contribution in [0.25, 0.3) is 0 Å². The van der Waals surface area contributed by atoms with E-state index in [0.717, 1.165) is 6.42 Å². The molecule has 0 atom stereocenters. The van der Waals surface area contributed by atoms with Crippen LogP contribution in [0, 0.1) is 5.82 Å². The van der Waals surface area contributed by atoms with Crippen molar-refractivity contribution in [2.24, 2.45) is 0 Å². The van der Waals surface area contributed by atoms with Crippen molar-refractivity contribution in [1.82, 2.24) is 0 Å². The van der Waals surface area contributed by atoms with E-state index in [1.165, 1.54) is 6.07 Å². The maximum atomic E-state index is 12.8. The first-order valence-electron chi connectivity index (χ1n) is 3.93. The van der Waals surface area contributed by atoms with Crippen LogP contribution in [0.4, 0.5) is 4.39 Å². The summed E-state index contributed by atoms with van der Waals surface area (Å²) in [6, 6.07) is 4.58. The average molecular weight is 245 g/mol. The van der Waals surface area contributed by atoms with E-state index in [1.807, 2.05) is 0 Å². The third-order valence-electron chi connectivity index (χ3n) is 1.48. The molecule has 0 aliphatic heterocycles. The number of hydrogen-bond acceptors (Lipinski definition) is 1. The smallest absolute Gasteiger partial charge is 0.137 e. The summed E-state index contributed by atoms with van der Waals surface area (Å²) in [5.74, 6) is 0.381. The van der Waals surface area contributed by atoms with Crippen molar-refractivity contribution in [3.63, 3.8) is 0 Å². The molecule has 0 radical (unpaired) electrons. The van der Waals surface area contributed by atoms with E-state index in [2.05, 4.69) is 22.5 Å².